The Balaban J connectivity index is 1.49. The smallest absolute Gasteiger partial charge is 0.242 e. The van der Waals surface area contributed by atoms with E-state index in [1.54, 1.807) is 0 Å². The van der Waals surface area contributed by atoms with Gasteiger partial charge in [-0.05, 0) is 35.1 Å². The maximum Gasteiger partial charge on any atom is 0.242 e. The van der Waals surface area contributed by atoms with E-state index in [9.17, 15) is 4.79 Å². The molecule has 0 atom stereocenters. The number of nitrogens with one attached hydrogen (secondary N) is 1. The third kappa shape index (κ3) is 2.99. The molecule has 0 bridgehead atoms. The molecule has 0 saturated carbocycles. The lowest BCUT2D eigenvalue weighted by atomic mass is 10.1. The number of benzene rings is 1. The molecular formula is C18H21N3OS. The fraction of sp³-hybridized carbons (Fsp3) is 0.389. The summed E-state index contributed by atoms with van der Waals surface area (Å²) in [6, 6.07) is 10.5. The van der Waals surface area contributed by atoms with Crippen molar-refractivity contribution in [3.63, 3.8) is 0 Å². The molecule has 4 rings (SSSR count). The summed E-state index contributed by atoms with van der Waals surface area (Å²) in [4.78, 5) is 18.5. The van der Waals surface area contributed by atoms with Gasteiger partial charge in [0.15, 0.2) is 0 Å². The minimum atomic E-state index is 0.235. The molecule has 1 aromatic carbocycles. The van der Waals surface area contributed by atoms with Gasteiger partial charge in [0.25, 0.3) is 0 Å². The van der Waals surface area contributed by atoms with E-state index in [2.05, 4.69) is 45.9 Å². The number of hydrogen-bond acceptors (Lipinski definition) is 4. The lowest BCUT2D eigenvalue weighted by Gasteiger charge is -2.31. The van der Waals surface area contributed by atoms with Gasteiger partial charge in [-0.1, -0.05) is 18.2 Å². The second kappa shape index (κ2) is 6.34. The van der Waals surface area contributed by atoms with Crippen molar-refractivity contribution in [3.8, 4) is 0 Å². The van der Waals surface area contributed by atoms with Crippen molar-refractivity contribution in [1.29, 1.82) is 0 Å². The summed E-state index contributed by atoms with van der Waals surface area (Å²) in [6.07, 6.45) is 0.997. The Morgan fingerprint density at radius 1 is 1.17 bits per heavy atom. The van der Waals surface area contributed by atoms with Crippen molar-refractivity contribution in [2.45, 2.75) is 19.5 Å². The number of fused-ring (bicyclic) bond motifs is 2. The van der Waals surface area contributed by atoms with Crippen LogP contribution in [0.4, 0.5) is 5.69 Å². The fourth-order valence-corrected chi connectivity index (χ4v) is 4.30. The van der Waals surface area contributed by atoms with Crippen molar-refractivity contribution in [3.05, 3.63) is 51.7 Å². The Bertz CT molecular complexity index is 712. The molecule has 2 aromatic rings. The molecule has 0 spiro atoms. The number of carbonyl (C=O) groups excluding carboxylic acids is 1. The molecule has 1 N–H and O–H groups in total. The average molecular weight is 327 g/mol. The van der Waals surface area contributed by atoms with Gasteiger partial charge in [-0.25, -0.2) is 0 Å². The zero-order chi connectivity index (χ0) is 15.6. The van der Waals surface area contributed by atoms with Crippen molar-refractivity contribution >= 4 is 22.9 Å². The number of para-hydroxylation sites is 1. The van der Waals surface area contributed by atoms with Gasteiger partial charge in [-0.15, -0.1) is 11.3 Å². The second-order valence-corrected chi connectivity index (χ2v) is 7.16. The predicted molar refractivity (Wildman–Crippen MR) is 93.8 cm³/mol. The first kappa shape index (κ1) is 14.7. The molecule has 0 radical (unpaired) electrons. The lowest BCUT2D eigenvalue weighted by Crippen LogP contribution is -2.43. The molecule has 1 amide bonds. The van der Waals surface area contributed by atoms with Crippen LogP contribution in [0.5, 0.6) is 0 Å². The summed E-state index contributed by atoms with van der Waals surface area (Å²) in [5, 5.41) is 5.56. The molecule has 0 fully saturated rings. The summed E-state index contributed by atoms with van der Waals surface area (Å²) < 4.78 is 0. The monoisotopic (exact) mass is 327 g/mol. The van der Waals surface area contributed by atoms with E-state index in [1.165, 1.54) is 21.7 Å². The number of nitrogens with zero attached hydrogens (tertiary/aromatic N) is 2. The highest BCUT2D eigenvalue weighted by molar-refractivity contribution is 7.10. The highest BCUT2D eigenvalue weighted by Gasteiger charge is 2.24. The van der Waals surface area contributed by atoms with Crippen LogP contribution in [0.1, 0.15) is 16.0 Å². The van der Waals surface area contributed by atoms with Crippen LogP contribution in [-0.2, 0) is 24.3 Å². The summed E-state index contributed by atoms with van der Waals surface area (Å²) in [6.45, 7) is 4.75. The number of hydrogen-bond donors (Lipinski definition) is 1. The first-order chi connectivity index (χ1) is 11.3. The third-order valence-electron chi connectivity index (χ3n) is 4.69. The van der Waals surface area contributed by atoms with Crippen LogP contribution in [0.15, 0.2) is 35.7 Å². The van der Waals surface area contributed by atoms with Gasteiger partial charge < -0.3 is 15.1 Å². The molecule has 120 valence electrons. The Kier molecular flexibility index (Phi) is 4.06. The summed E-state index contributed by atoms with van der Waals surface area (Å²) >= 11 is 1.81. The van der Waals surface area contributed by atoms with E-state index in [1.807, 2.05) is 16.2 Å². The van der Waals surface area contributed by atoms with Crippen LogP contribution in [-0.4, -0.2) is 37.0 Å². The molecule has 23 heavy (non-hydrogen) atoms. The molecule has 4 nitrogen and oxygen atoms in total. The molecule has 0 aliphatic carbocycles. The minimum Gasteiger partial charge on any atom is -0.361 e. The standard InChI is InChI=1S/C18H21N3OS/c22-18(21-8-5-17-15(12-21)6-10-23-17)13-20-9-7-19-11-14-3-1-2-4-16(14)20/h1-4,6,10,19H,5,7-9,11-13H2. The van der Waals surface area contributed by atoms with Gasteiger partial charge in [0.05, 0.1) is 6.54 Å². The number of rotatable bonds is 2. The van der Waals surface area contributed by atoms with Crippen molar-refractivity contribution in [1.82, 2.24) is 10.2 Å². The minimum absolute atomic E-state index is 0.235. The molecule has 2 aliphatic rings. The maximum atomic E-state index is 12.8. The molecular weight excluding hydrogens is 306 g/mol. The average Bonchev–Trinajstić information content (AvgIpc) is 2.96. The van der Waals surface area contributed by atoms with E-state index < -0.39 is 0 Å². The normalized spacial score (nSPS) is 17.4. The van der Waals surface area contributed by atoms with Gasteiger partial charge in [0.2, 0.25) is 5.91 Å². The van der Waals surface area contributed by atoms with Gasteiger partial charge in [-0.3, -0.25) is 4.79 Å². The zero-order valence-corrected chi connectivity index (χ0v) is 13.9. The van der Waals surface area contributed by atoms with Gasteiger partial charge in [-0.2, -0.15) is 0 Å². The fourth-order valence-electron chi connectivity index (χ4n) is 3.42. The first-order valence-corrected chi connectivity index (χ1v) is 9.06. The Hall–Kier alpha value is -1.85. The summed E-state index contributed by atoms with van der Waals surface area (Å²) in [5.41, 5.74) is 3.79. The highest BCUT2D eigenvalue weighted by Crippen LogP contribution is 2.25. The zero-order valence-electron chi connectivity index (χ0n) is 13.1. The number of anilines is 1. The maximum absolute atomic E-state index is 12.8. The Morgan fingerprint density at radius 3 is 3.04 bits per heavy atom. The molecule has 5 heteroatoms. The summed E-state index contributed by atoms with van der Waals surface area (Å²) in [5.74, 6) is 0.235. The molecule has 0 unspecified atom stereocenters. The largest absolute Gasteiger partial charge is 0.361 e. The quantitative estimate of drug-likeness (QED) is 0.919. The summed E-state index contributed by atoms with van der Waals surface area (Å²) in [7, 11) is 0. The van der Waals surface area contributed by atoms with Crippen LogP contribution in [0.2, 0.25) is 0 Å². The van der Waals surface area contributed by atoms with Gasteiger partial charge in [0, 0.05) is 43.3 Å². The van der Waals surface area contributed by atoms with Crippen molar-refractivity contribution in [2.24, 2.45) is 0 Å². The SMILES string of the molecule is O=C(CN1CCNCc2ccccc21)N1CCc2sccc2C1. The van der Waals surface area contributed by atoms with Crippen LogP contribution in [0.3, 0.4) is 0 Å². The van der Waals surface area contributed by atoms with E-state index in [0.717, 1.165) is 39.1 Å². The number of carbonyl (C=O) groups is 1. The molecule has 2 aliphatic heterocycles. The number of thiophene rings is 1. The van der Waals surface area contributed by atoms with Gasteiger partial charge >= 0.3 is 0 Å². The van der Waals surface area contributed by atoms with Crippen molar-refractivity contribution < 1.29 is 4.79 Å². The molecule has 3 heterocycles. The van der Waals surface area contributed by atoms with Crippen LogP contribution >= 0.6 is 11.3 Å². The van der Waals surface area contributed by atoms with E-state index in [0.29, 0.717) is 6.54 Å². The highest BCUT2D eigenvalue weighted by atomic mass is 32.1. The van der Waals surface area contributed by atoms with Crippen LogP contribution < -0.4 is 10.2 Å². The topological polar surface area (TPSA) is 35.6 Å². The lowest BCUT2D eigenvalue weighted by molar-refractivity contribution is -0.130. The Labute approximate surface area is 140 Å². The van der Waals surface area contributed by atoms with Crippen LogP contribution in [0.25, 0.3) is 0 Å². The Morgan fingerprint density at radius 2 is 2.09 bits per heavy atom. The molecule has 0 saturated heterocycles. The number of amides is 1. The predicted octanol–water partition coefficient (Wildman–Crippen LogP) is 2.24. The van der Waals surface area contributed by atoms with Crippen LogP contribution in [0, 0.1) is 0 Å². The van der Waals surface area contributed by atoms with E-state index in [4.69, 9.17) is 0 Å². The van der Waals surface area contributed by atoms with Gasteiger partial charge in [0.1, 0.15) is 0 Å². The molecule has 1 aromatic heterocycles. The second-order valence-electron chi connectivity index (χ2n) is 6.16. The van der Waals surface area contributed by atoms with E-state index >= 15 is 0 Å². The van der Waals surface area contributed by atoms with Crippen molar-refractivity contribution in [2.75, 3.05) is 31.1 Å². The first-order valence-electron chi connectivity index (χ1n) is 8.18. The van der Waals surface area contributed by atoms with E-state index in [-0.39, 0.29) is 5.91 Å². The third-order valence-corrected chi connectivity index (χ3v) is 5.72.